The Balaban J connectivity index is 2.33. The van der Waals surface area contributed by atoms with Crippen molar-refractivity contribution in [2.24, 2.45) is 0 Å². The highest BCUT2D eigenvalue weighted by Crippen LogP contribution is 2.36. The molecular formula is C12H9BrF3NOS. The van der Waals surface area contributed by atoms with E-state index < -0.39 is 11.2 Å². The molecule has 0 saturated heterocycles. The van der Waals surface area contributed by atoms with E-state index in [4.69, 9.17) is 4.74 Å². The van der Waals surface area contributed by atoms with Gasteiger partial charge in [0.05, 0.1) is 12.3 Å². The second-order valence-corrected chi connectivity index (χ2v) is 5.22. The molecule has 0 spiro atoms. The predicted octanol–water partition coefficient (Wildman–Crippen LogP) is 4.60. The fourth-order valence-electron chi connectivity index (χ4n) is 1.48. The van der Waals surface area contributed by atoms with Gasteiger partial charge in [0.2, 0.25) is 0 Å². The molecule has 0 amide bonds. The third-order valence-electron chi connectivity index (χ3n) is 2.24. The lowest BCUT2D eigenvalue weighted by atomic mass is 10.1. The van der Waals surface area contributed by atoms with Gasteiger partial charge < -0.3 is 4.74 Å². The maximum atomic E-state index is 12.5. The molecule has 1 aromatic heterocycles. The summed E-state index contributed by atoms with van der Waals surface area (Å²) in [6, 6.07) is 6.91. The summed E-state index contributed by atoms with van der Waals surface area (Å²) in [5.74, 6) is 0.529. The second-order valence-electron chi connectivity index (χ2n) is 3.57. The number of benzene rings is 1. The largest absolute Gasteiger partial charge is 0.492 e. The first kappa shape index (κ1) is 14.3. The van der Waals surface area contributed by atoms with Gasteiger partial charge >= 0.3 is 6.18 Å². The Morgan fingerprint density at radius 3 is 2.63 bits per heavy atom. The van der Waals surface area contributed by atoms with E-state index in [1.54, 1.807) is 24.3 Å². The van der Waals surface area contributed by atoms with Crippen molar-refractivity contribution in [3.63, 3.8) is 0 Å². The molecule has 0 fully saturated rings. The summed E-state index contributed by atoms with van der Waals surface area (Å²) >= 11 is 3.81. The van der Waals surface area contributed by atoms with Crippen molar-refractivity contribution in [2.45, 2.75) is 6.18 Å². The first-order valence-corrected chi connectivity index (χ1v) is 7.33. The van der Waals surface area contributed by atoms with Crippen LogP contribution < -0.4 is 4.74 Å². The Labute approximate surface area is 120 Å². The van der Waals surface area contributed by atoms with E-state index in [-0.39, 0.29) is 5.69 Å². The van der Waals surface area contributed by atoms with Gasteiger partial charge in [-0.05, 0) is 12.1 Å². The molecule has 0 aliphatic rings. The van der Waals surface area contributed by atoms with E-state index in [0.29, 0.717) is 34.6 Å². The van der Waals surface area contributed by atoms with Crippen molar-refractivity contribution < 1.29 is 17.9 Å². The van der Waals surface area contributed by atoms with E-state index >= 15 is 0 Å². The lowest BCUT2D eigenvalue weighted by Crippen LogP contribution is -2.04. The zero-order valence-corrected chi connectivity index (χ0v) is 12.0. The van der Waals surface area contributed by atoms with Crippen molar-refractivity contribution in [1.82, 2.24) is 4.98 Å². The summed E-state index contributed by atoms with van der Waals surface area (Å²) in [7, 11) is 0. The van der Waals surface area contributed by atoms with Gasteiger partial charge in [0.25, 0.3) is 0 Å². The van der Waals surface area contributed by atoms with Gasteiger partial charge in [-0.2, -0.15) is 13.2 Å². The number of aromatic nitrogens is 1. The smallest absolute Gasteiger partial charge is 0.443 e. The van der Waals surface area contributed by atoms with Crippen molar-refractivity contribution in [3.8, 4) is 17.0 Å². The van der Waals surface area contributed by atoms with Gasteiger partial charge in [0, 0.05) is 16.3 Å². The van der Waals surface area contributed by atoms with Crippen LogP contribution in [0.3, 0.4) is 0 Å². The molecule has 0 bridgehead atoms. The molecule has 2 rings (SSSR count). The molecule has 0 aliphatic heterocycles. The van der Waals surface area contributed by atoms with Crippen LogP contribution in [-0.2, 0) is 6.18 Å². The number of rotatable bonds is 4. The van der Waals surface area contributed by atoms with Gasteiger partial charge in [-0.25, -0.2) is 4.98 Å². The summed E-state index contributed by atoms with van der Waals surface area (Å²) in [5, 5.41) is 1.18. The standard InChI is InChI=1S/C12H9BrF3NOS/c13-5-6-18-10-4-2-1-3-8(10)9-7-19-11(17-9)12(14,15)16/h1-4,7H,5-6H2. The normalized spacial score (nSPS) is 11.6. The molecule has 1 heterocycles. The molecule has 0 saturated carbocycles. The van der Waals surface area contributed by atoms with Crippen LogP contribution in [0.15, 0.2) is 29.6 Å². The van der Waals surface area contributed by atoms with Crippen LogP contribution in [0, 0.1) is 0 Å². The first-order valence-electron chi connectivity index (χ1n) is 5.33. The molecule has 102 valence electrons. The van der Waals surface area contributed by atoms with E-state index in [2.05, 4.69) is 20.9 Å². The SMILES string of the molecule is FC(F)(F)c1nc(-c2ccccc2OCCBr)cs1. The van der Waals surface area contributed by atoms with Crippen LogP contribution >= 0.6 is 27.3 Å². The Morgan fingerprint density at radius 1 is 1.26 bits per heavy atom. The Morgan fingerprint density at radius 2 is 2.00 bits per heavy atom. The number of nitrogens with zero attached hydrogens (tertiary/aromatic N) is 1. The van der Waals surface area contributed by atoms with Gasteiger partial charge in [0.15, 0.2) is 5.01 Å². The van der Waals surface area contributed by atoms with Crippen molar-refractivity contribution in [3.05, 3.63) is 34.7 Å². The lowest BCUT2D eigenvalue weighted by Gasteiger charge is -2.08. The van der Waals surface area contributed by atoms with Gasteiger partial charge in [-0.3, -0.25) is 0 Å². The van der Waals surface area contributed by atoms with Gasteiger partial charge in [0.1, 0.15) is 5.75 Å². The average Bonchev–Trinajstić information content (AvgIpc) is 2.86. The molecule has 1 aromatic carbocycles. The monoisotopic (exact) mass is 351 g/mol. The minimum absolute atomic E-state index is 0.280. The highest BCUT2D eigenvalue weighted by atomic mass is 79.9. The van der Waals surface area contributed by atoms with Crippen LogP contribution in [0.5, 0.6) is 5.75 Å². The molecular weight excluding hydrogens is 343 g/mol. The summed E-state index contributed by atoms with van der Waals surface area (Å²) in [6.45, 7) is 0.438. The Hall–Kier alpha value is -1.08. The second kappa shape index (κ2) is 5.92. The molecule has 19 heavy (non-hydrogen) atoms. The molecule has 7 heteroatoms. The van der Waals surface area contributed by atoms with E-state index in [1.165, 1.54) is 5.38 Å². The summed E-state index contributed by atoms with van der Waals surface area (Å²) in [5.41, 5.74) is 0.845. The number of alkyl halides is 4. The highest BCUT2D eigenvalue weighted by Gasteiger charge is 2.34. The fourth-order valence-corrected chi connectivity index (χ4v) is 2.33. The number of thiazole rings is 1. The zero-order valence-electron chi connectivity index (χ0n) is 9.58. The number of para-hydroxylation sites is 1. The molecule has 2 nitrogen and oxygen atoms in total. The maximum Gasteiger partial charge on any atom is 0.443 e. The lowest BCUT2D eigenvalue weighted by molar-refractivity contribution is -0.137. The minimum atomic E-state index is -4.41. The van der Waals surface area contributed by atoms with E-state index in [0.717, 1.165) is 0 Å². The third-order valence-corrected chi connectivity index (χ3v) is 3.46. The van der Waals surface area contributed by atoms with Gasteiger partial charge in [-0.1, -0.05) is 28.1 Å². The first-order chi connectivity index (χ1) is 9.02. The minimum Gasteiger partial charge on any atom is -0.492 e. The molecule has 2 aromatic rings. The number of hydrogen-bond acceptors (Lipinski definition) is 3. The van der Waals surface area contributed by atoms with Crippen molar-refractivity contribution >= 4 is 27.3 Å². The van der Waals surface area contributed by atoms with Crippen LogP contribution in [0.25, 0.3) is 11.3 Å². The average molecular weight is 352 g/mol. The topological polar surface area (TPSA) is 22.1 Å². The van der Waals surface area contributed by atoms with E-state index in [9.17, 15) is 13.2 Å². The summed E-state index contributed by atoms with van der Waals surface area (Å²) in [4.78, 5) is 3.62. The third kappa shape index (κ3) is 3.48. The Bertz CT molecular complexity index is 556. The van der Waals surface area contributed by atoms with Crippen molar-refractivity contribution in [2.75, 3.05) is 11.9 Å². The number of ether oxygens (including phenoxy) is 1. The zero-order chi connectivity index (χ0) is 13.9. The van der Waals surface area contributed by atoms with Crippen molar-refractivity contribution in [1.29, 1.82) is 0 Å². The highest BCUT2D eigenvalue weighted by molar-refractivity contribution is 9.09. The quantitative estimate of drug-likeness (QED) is 0.751. The van der Waals surface area contributed by atoms with E-state index in [1.807, 2.05) is 0 Å². The van der Waals surface area contributed by atoms with Crippen LogP contribution in [0.1, 0.15) is 5.01 Å². The summed E-state index contributed by atoms with van der Waals surface area (Å²) in [6.07, 6.45) is -4.41. The van der Waals surface area contributed by atoms with Crippen LogP contribution in [0.4, 0.5) is 13.2 Å². The Kier molecular flexibility index (Phi) is 4.46. The molecule has 0 radical (unpaired) electrons. The van der Waals surface area contributed by atoms with Crippen LogP contribution in [0.2, 0.25) is 0 Å². The molecule has 0 aliphatic carbocycles. The van der Waals surface area contributed by atoms with Gasteiger partial charge in [-0.15, -0.1) is 11.3 Å². The maximum absolute atomic E-state index is 12.5. The molecule has 0 atom stereocenters. The fraction of sp³-hybridized carbons (Fsp3) is 0.250. The number of hydrogen-bond donors (Lipinski definition) is 0. The molecule has 0 unspecified atom stereocenters. The predicted molar refractivity (Wildman–Crippen MR) is 71.8 cm³/mol. The summed E-state index contributed by atoms with van der Waals surface area (Å²) < 4.78 is 43.1. The van der Waals surface area contributed by atoms with Crippen LogP contribution in [-0.4, -0.2) is 16.9 Å². The number of halogens is 4. The molecule has 0 N–H and O–H groups in total.